The van der Waals surface area contributed by atoms with Gasteiger partial charge in [0.15, 0.2) is 11.6 Å². The lowest BCUT2D eigenvalue weighted by atomic mass is 10.2. The third-order valence-electron chi connectivity index (χ3n) is 1.15. The molecule has 0 unspecified atom stereocenters. The van der Waals surface area contributed by atoms with E-state index >= 15 is 0 Å². The Morgan fingerprint density at radius 1 is 1.60 bits per heavy atom. The fourth-order valence-corrected chi connectivity index (χ4v) is 0.666. The molecule has 0 atom stereocenters. The lowest BCUT2D eigenvalue weighted by molar-refractivity contribution is 0.386. The molecular formula is C8H9FO. The molecule has 2 heteroatoms. The van der Waals surface area contributed by atoms with E-state index in [4.69, 9.17) is 4.11 Å². The highest BCUT2D eigenvalue weighted by Crippen LogP contribution is 2.16. The van der Waals surface area contributed by atoms with Crippen LogP contribution in [0.15, 0.2) is 18.2 Å². The van der Waals surface area contributed by atoms with Gasteiger partial charge in [0, 0.05) is 4.11 Å². The molecule has 54 valence electrons. The minimum atomic E-state index is -2.27. The fraction of sp³-hybridized carbons (Fsp3) is 0.250. The predicted octanol–water partition coefficient (Wildman–Crippen LogP) is 2.14. The molecule has 1 rings (SSSR count). The summed E-state index contributed by atoms with van der Waals surface area (Å²) in [6.07, 6.45) is 0. The molecule has 0 saturated heterocycles. The third-order valence-corrected chi connectivity index (χ3v) is 1.15. The number of aryl methyl sites for hydroxylation is 1. The number of hydrogen-bond donors (Lipinski definition) is 0. The van der Waals surface area contributed by atoms with E-state index in [1.54, 1.807) is 0 Å². The second-order valence-electron chi connectivity index (χ2n) is 1.85. The van der Waals surface area contributed by atoms with Crippen LogP contribution in [0, 0.1) is 12.7 Å². The van der Waals surface area contributed by atoms with E-state index in [2.05, 4.69) is 4.74 Å². The monoisotopic (exact) mass is 143 g/mol. The topological polar surface area (TPSA) is 9.23 Å². The van der Waals surface area contributed by atoms with E-state index in [-0.39, 0.29) is 11.3 Å². The van der Waals surface area contributed by atoms with E-state index in [1.165, 1.54) is 19.2 Å². The van der Waals surface area contributed by atoms with E-state index in [1.807, 2.05) is 0 Å². The van der Waals surface area contributed by atoms with Crippen LogP contribution in [0.1, 0.15) is 9.68 Å². The zero-order chi connectivity index (χ0) is 10.1. The van der Waals surface area contributed by atoms with Crippen LogP contribution in [-0.4, -0.2) is 7.11 Å². The maximum absolute atomic E-state index is 13.0. The standard InChI is InChI=1S/C8H9FO/c1-6-3-4-8(10-2)7(9)5-6/h3-5H,1-2H3/i1D3. The summed E-state index contributed by atoms with van der Waals surface area (Å²) in [7, 11) is 1.33. The highest BCUT2D eigenvalue weighted by Gasteiger charge is 1.98. The number of methoxy groups -OCH3 is 1. The Hall–Kier alpha value is -1.05. The highest BCUT2D eigenvalue weighted by molar-refractivity contribution is 5.28. The van der Waals surface area contributed by atoms with Gasteiger partial charge in [-0.1, -0.05) is 6.07 Å². The molecule has 0 radical (unpaired) electrons. The Labute approximate surface area is 63.7 Å². The van der Waals surface area contributed by atoms with Gasteiger partial charge >= 0.3 is 0 Å². The van der Waals surface area contributed by atoms with Gasteiger partial charge in [0.1, 0.15) is 0 Å². The molecule has 10 heavy (non-hydrogen) atoms. The van der Waals surface area contributed by atoms with Crippen molar-refractivity contribution in [1.82, 2.24) is 0 Å². The summed E-state index contributed by atoms with van der Waals surface area (Å²) in [5.41, 5.74) is -0.0224. The number of benzene rings is 1. The quantitative estimate of drug-likeness (QED) is 0.585. The molecule has 0 aromatic heterocycles. The molecule has 0 bridgehead atoms. The normalized spacial score (nSPS) is 15.2. The molecule has 0 aliphatic rings. The Bertz CT molecular complexity index is 309. The van der Waals surface area contributed by atoms with E-state index < -0.39 is 12.7 Å². The van der Waals surface area contributed by atoms with Crippen LogP contribution >= 0.6 is 0 Å². The largest absolute Gasteiger partial charge is 0.494 e. The summed E-state index contributed by atoms with van der Waals surface area (Å²) in [4.78, 5) is 0. The molecule has 1 aromatic carbocycles. The molecule has 1 nitrogen and oxygen atoms in total. The SMILES string of the molecule is [2H]C([2H])([2H])c1ccc(OC)c(F)c1. The van der Waals surface area contributed by atoms with Gasteiger partial charge in [0.2, 0.25) is 0 Å². The van der Waals surface area contributed by atoms with E-state index in [9.17, 15) is 4.39 Å². The molecule has 0 aliphatic carbocycles. The first-order valence-corrected chi connectivity index (χ1v) is 2.79. The molecule has 0 fully saturated rings. The lowest BCUT2D eigenvalue weighted by Gasteiger charge is -2.00. The van der Waals surface area contributed by atoms with E-state index in [0.29, 0.717) is 0 Å². The number of rotatable bonds is 1. The summed E-state index contributed by atoms with van der Waals surface area (Å²) in [6, 6.07) is 3.60. The summed E-state index contributed by atoms with van der Waals surface area (Å²) in [5, 5.41) is 0. The van der Waals surface area contributed by atoms with E-state index in [0.717, 1.165) is 6.07 Å². The first kappa shape index (κ1) is 3.96. The minimum absolute atomic E-state index is 0.0224. The Kier molecular flexibility index (Phi) is 1.07. The van der Waals surface area contributed by atoms with Gasteiger partial charge in [-0.2, -0.15) is 0 Å². The molecule has 0 amide bonds. The average molecular weight is 143 g/mol. The Morgan fingerprint density at radius 3 is 2.90 bits per heavy atom. The molecule has 0 saturated carbocycles. The van der Waals surface area contributed by atoms with Gasteiger partial charge in [-0.15, -0.1) is 0 Å². The van der Waals surface area contributed by atoms with Crippen molar-refractivity contribution in [2.24, 2.45) is 0 Å². The number of hydrogen-bond acceptors (Lipinski definition) is 1. The van der Waals surface area contributed by atoms with Crippen LogP contribution in [0.3, 0.4) is 0 Å². The summed E-state index contributed by atoms with van der Waals surface area (Å²) in [5.74, 6) is -0.607. The molecule has 0 heterocycles. The zero-order valence-corrected chi connectivity index (χ0v) is 5.52. The smallest absolute Gasteiger partial charge is 0.165 e. The first-order valence-electron chi connectivity index (χ1n) is 4.29. The van der Waals surface area contributed by atoms with Crippen molar-refractivity contribution >= 4 is 0 Å². The minimum Gasteiger partial charge on any atom is -0.494 e. The second kappa shape index (κ2) is 2.69. The predicted molar refractivity (Wildman–Crippen MR) is 37.7 cm³/mol. The number of halogens is 1. The van der Waals surface area contributed by atoms with Crippen molar-refractivity contribution in [2.45, 2.75) is 6.85 Å². The molecule has 0 aliphatic heterocycles. The van der Waals surface area contributed by atoms with Crippen LogP contribution in [0.5, 0.6) is 5.75 Å². The maximum Gasteiger partial charge on any atom is 0.165 e. The highest BCUT2D eigenvalue weighted by atomic mass is 19.1. The summed E-state index contributed by atoms with van der Waals surface area (Å²) in [6.45, 7) is -2.27. The fourth-order valence-electron chi connectivity index (χ4n) is 0.666. The number of ether oxygens (including phenoxy) is 1. The van der Waals surface area contributed by atoms with Gasteiger partial charge in [0.25, 0.3) is 0 Å². The maximum atomic E-state index is 13.0. The average Bonchev–Trinajstić information content (AvgIpc) is 2.02. The van der Waals surface area contributed by atoms with Crippen LogP contribution in [0.2, 0.25) is 0 Å². The molecule has 1 aromatic rings. The van der Waals surface area contributed by atoms with Crippen LogP contribution < -0.4 is 4.74 Å². The van der Waals surface area contributed by atoms with Gasteiger partial charge in [-0.25, -0.2) is 4.39 Å². The summed E-state index contributed by atoms with van der Waals surface area (Å²) < 4.78 is 38.7. The van der Waals surface area contributed by atoms with Crippen molar-refractivity contribution in [3.05, 3.63) is 29.6 Å². The van der Waals surface area contributed by atoms with Crippen molar-refractivity contribution in [2.75, 3.05) is 7.11 Å². The Balaban J connectivity index is 3.10. The zero-order valence-electron chi connectivity index (χ0n) is 8.52. The molecule has 0 spiro atoms. The van der Waals surface area contributed by atoms with Crippen LogP contribution in [0.4, 0.5) is 4.39 Å². The van der Waals surface area contributed by atoms with Gasteiger partial charge < -0.3 is 4.74 Å². The van der Waals surface area contributed by atoms with Crippen molar-refractivity contribution in [3.63, 3.8) is 0 Å². The second-order valence-corrected chi connectivity index (χ2v) is 1.85. The van der Waals surface area contributed by atoms with Gasteiger partial charge in [-0.05, 0) is 24.5 Å². The van der Waals surface area contributed by atoms with Crippen LogP contribution in [-0.2, 0) is 0 Å². The third kappa shape index (κ3) is 1.26. The Morgan fingerprint density at radius 2 is 2.40 bits per heavy atom. The van der Waals surface area contributed by atoms with Gasteiger partial charge in [0.05, 0.1) is 7.11 Å². The van der Waals surface area contributed by atoms with Crippen molar-refractivity contribution < 1.29 is 13.2 Å². The molecule has 0 N–H and O–H groups in total. The van der Waals surface area contributed by atoms with Crippen molar-refractivity contribution in [1.29, 1.82) is 0 Å². The van der Waals surface area contributed by atoms with Gasteiger partial charge in [-0.3, -0.25) is 0 Å². The summed E-state index contributed by atoms with van der Waals surface area (Å²) >= 11 is 0. The van der Waals surface area contributed by atoms with Crippen LogP contribution in [0.25, 0.3) is 0 Å². The lowest BCUT2D eigenvalue weighted by Crippen LogP contribution is -1.87. The first-order chi connectivity index (χ1) is 5.95. The van der Waals surface area contributed by atoms with Crippen molar-refractivity contribution in [3.8, 4) is 5.75 Å². The molecular weight excluding hydrogens is 131 g/mol.